The highest BCUT2D eigenvalue weighted by Gasteiger charge is 2.26. The molecule has 288 valence electrons. The number of para-hydroxylation sites is 6. The van der Waals surface area contributed by atoms with Crippen molar-refractivity contribution in [3.05, 3.63) is 229 Å². The monoisotopic (exact) mass is 790 g/mol. The molecule has 8 aromatic carbocycles. The van der Waals surface area contributed by atoms with Crippen LogP contribution >= 0.6 is 0 Å². The average Bonchev–Trinajstić information content (AvgIpc) is 3.84. The fourth-order valence-electron chi connectivity index (χ4n) is 9.43. The summed E-state index contributed by atoms with van der Waals surface area (Å²) >= 11 is 0. The van der Waals surface area contributed by atoms with Crippen molar-refractivity contribution in [1.29, 1.82) is 0 Å². The molecule has 62 heavy (non-hydrogen) atoms. The average molecular weight is 791 g/mol. The number of hydrogen-bond donors (Lipinski definition) is 0. The van der Waals surface area contributed by atoms with Gasteiger partial charge < -0.3 is 9.13 Å². The first-order valence-corrected chi connectivity index (χ1v) is 20.9. The fourth-order valence-corrected chi connectivity index (χ4v) is 9.43. The van der Waals surface area contributed by atoms with Gasteiger partial charge in [-0.15, -0.1) is 0 Å². The maximum Gasteiger partial charge on any atom is 0.116 e. The van der Waals surface area contributed by atoms with Gasteiger partial charge in [-0.2, -0.15) is 0 Å². The van der Waals surface area contributed by atoms with Crippen LogP contribution in [0.2, 0.25) is 0 Å². The van der Waals surface area contributed by atoms with Gasteiger partial charge >= 0.3 is 0 Å². The highest BCUT2D eigenvalue weighted by Crippen LogP contribution is 2.39. The predicted molar refractivity (Wildman–Crippen MR) is 256 cm³/mol. The van der Waals surface area contributed by atoms with Gasteiger partial charge in [-0.1, -0.05) is 121 Å². The minimum atomic E-state index is 0.716. The van der Waals surface area contributed by atoms with E-state index in [9.17, 15) is 0 Å². The lowest BCUT2D eigenvalue weighted by atomic mass is 9.98. The van der Waals surface area contributed by atoms with Crippen molar-refractivity contribution < 1.29 is 0 Å². The normalized spacial score (nSPS) is 12.7. The van der Waals surface area contributed by atoms with Gasteiger partial charge in [-0.3, -0.25) is 0 Å². The molecular formula is C56H34N6. The van der Waals surface area contributed by atoms with Gasteiger partial charge in [0.15, 0.2) is 0 Å². The van der Waals surface area contributed by atoms with E-state index in [0.717, 1.165) is 99.9 Å². The molecule has 0 atom stereocenters. The SMILES string of the molecule is c1ccc(-n2c3ccccc3c3cc(C4=Nc5cc6ccccc6nc5C(c5ccc6c(c5)c5ccccc5n6-c5ccccc5)=Nc5cc6ccccc6nc54)ccc32)cc1. The molecule has 1 aliphatic rings. The number of hydrogen-bond acceptors (Lipinski definition) is 4. The summed E-state index contributed by atoms with van der Waals surface area (Å²) in [6, 6.07) is 72.5. The summed E-state index contributed by atoms with van der Waals surface area (Å²) in [5, 5.41) is 6.62. The molecule has 0 amide bonds. The quantitative estimate of drug-likeness (QED) is 0.178. The number of fused-ring (bicyclic) bond motifs is 10. The smallest absolute Gasteiger partial charge is 0.116 e. The Bertz CT molecular complexity index is 3600. The maximum absolute atomic E-state index is 5.65. The Morgan fingerprint density at radius 2 is 0.694 bits per heavy atom. The number of aromatic nitrogens is 4. The van der Waals surface area contributed by atoms with E-state index in [4.69, 9.17) is 20.0 Å². The predicted octanol–water partition coefficient (Wildman–Crippen LogP) is 13.6. The lowest BCUT2D eigenvalue weighted by molar-refractivity contribution is 1.18. The van der Waals surface area contributed by atoms with Crippen molar-refractivity contribution >= 4 is 88.2 Å². The van der Waals surface area contributed by atoms with Crippen molar-refractivity contribution in [2.75, 3.05) is 0 Å². The molecule has 12 aromatic rings. The molecule has 0 radical (unpaired) electrons. The highest BCUT2D eigenvalue weighted by molar-refractivity contribution is 6.25. The molecule has 6 heteroatoms. The maximum atomic E-state index is 5.65. The topological polar surface area (TPSA) is 60.4 Å². The van der Waals surface area contributed by atoms with Gasteiger partial charge in [0.2, 0.25) is 0 Å². The van der Waals surface area contributed by atoms with Crippen LogP contribution in [-0.2, 0) is 0 Å². The summed E-state index contributed by atoms with van der Waals surface area (Å²) in [6.45, 7) is 0. The van der Waals surface area contributed by atoms with Crippen molar-refractivity contribution in [2.24, 2.45) is 9.98 Å². The Balaban J connectivity index is 1.09. The van der Waals surface area contributed by atoms with Crippen molar-refractivity contribution in [3.63, 3.8) is 0 Å². The summed E-state index contributed by atoms with van der Waals surface area (Å²) in [7, 11) is 0. The van der Waals surface area contributed by atoms with Crippen LogP contribution in [0.1, 0.15) is 22.5 Å². The van der Waals surface area contributed by atoms with E-state index in [1.807, 2.05) is 12.1 Å². The van der Waals surface area contributed by atoms with E-state index in [1.165, 1.54) is 10.8 Å². The van der Waals surface area contributed by atoms with E-state index >= 15 is 0 Å². The van der Waals surface area contributed by atoms with E-state index in [2.05, 4.69) is 203 Å². The van der Waals surface area contributed by atoms with Crippen molar-refractivity contribution in [1.82, 2.24) is 19.1 Å². The molecule has 5 heterocycles. The molecule has 0 saturated heterocycles. The second kappa shape index (κ2) is 13.5. The van der Waals surface area contributed by atoms with Gasteiger partial charge in [0.05, 0.1) is 55.9 Å². The molecule has 0 aliphatic carbocycles. The van der Waals surface area contributed by atoms with Crippen molar-refractivity contribution in [2.45, 2.75) is 0 Å². The zero-order valence-electron chi connectivity index (χ0n) is 33.3. The van der Waals surface area contributed by atoms with Crippen LogP contribution in [0.3, 0.4) is 0 Å². The van der Waals surface area contributed by atoms with Gasteiger partial charge in [0.1, 0.15) is 11.4 Å². The molecular weight excluding hydrogens is 757 g/mol. The fraction of sp³-hybridized carbons (Fsp3) is 0. The highest BCUT2D eigenvalue weighted by atomic mass is 15.0. The lowest BCUT2D eigenvalue weighted by Crippen LogP contribution is -2.13. The summed E-state index contributed by atoms with van der Waals surface area (Å²) in [6.07, 6.45) is 0. The molecule has 0 N–H and O–H groups in total. The number of aliphatic imine (C=N–C) groups is 2. The first-order chi connectivity index (χ1) is 30.7. The molecule has 13 rings (SSSR count). The standard InChI is InChI=1S/C56H34N6/c1-3-17-39(18-4-1)61-49-25-13-9-21-41(49)43-31-37(27-29-51(43)61)53-55-47(33-35-15-7-11-23-45(35)57-55)60-54(56-48(59-53)34-36-16-8-12-24-46(36)58-56)38-28-30-52-44(32-38)42-22-10-14-26-50(42)62(52)40-19-5-2-6-20-40/h1-34H. The number of rotatable bonds is 4. The first kappa shape index (κ1) is 34.4. The molecule has 0 spiro atoms. The summed E-state index contributed by atoms with van der Waals surface area (Å²) in [5.41, 5.74) is 14.8. The molecule has 1 aliphatic heterocycles. The summed E-state index contributed by atoms with van der Waals surface area (Å²) in [4.78, 5) is 22.1. The van der Waals surface area contributed by atoms with Gasteiger partial charge in [-0.25, -0.2) is 20.0 Å². The van der Waals surface area contributed by atoms with Gasteiger partial charge in [-0.05, 0) is 84.9 Å². The van der Waals surface area contributed by atoms with Crippen LogP contribution in [-0.4, -0.2) is 30.5 Å². The molecule has 0 bridgehead atoms. The molecule has 6 nitrogen and oxygen atoms in total. The Hall–Kier alpha value is -8.48. The minimum absolute atomic E-state index is 0.716. The van der Waals surface area contributed by atoms with E-state index in [-0.39, 0.29) is 0 Å². The molecule has 0 saturated carbocycles. The van der Waals surface area contributed by atoms with E-state index in [0.29, 0.717) is 11.4 Å². The zero-order chi connectivity index (χ0) is 40.7. The zero-order valence-corrected chi connectivity index (χ0v) is 33.3. The van der Waals surface area contributed by atoms with Crippen LogP contribution in [0, 0.1) is 0 Å². The Morgan fingerprint density at radius 1 is 0.306 bits per heavy atom. The molecule has 0 fully saturated rings. The third kappa shape index (κ3) is 5.30. The van der Waals surface area contributed by atoms with Crippen LogP contribution < -0.4 is 0 Å². The van der Waals surface area contributed by atoms with Crippen LogP contribution in [0.5, 0.6) is 0 Å². The summed E-state index contributed by atoms with van der Waals surface area (Å²) < 4.78 is 4.67. The summed E-state index contributed by atoms with van der Waals surface area (Å²) in [5.74, 6) is 0. The van der Waals surface area contributed by atoms with Crippen molar-refractivity contribution in [3.8, 4) is 11.4 Å². The second-order valence-electron chi connectivity index (χ2n) is 15.9. The largest absolute Gasteiger partial charge is 0.309 e. The first-order valence-electron chi connectivity index (χ1n) is 20.9. The number of nitrogens with zero attached hydrogens (tertiary/aromatic N) is 6. The van der Waals surface area contributed by atoms with Crippen LogP contribution in [0.25, 0.3) is 76.8 Å². The Labute approximate surface area is 356 Å². The van der Waals surface area contributed by atoms with E-state index < -0.39 is 0 Å². The van der Waals surface area contributed by atoms with Crippen LogP contribution in [0.4, 0.5) is 11.4 Å². The minimum Gasteiger partial charge on any atom is -0.309 e. The molecule has 4 aromatic heterocycles. The van der Waals surface area contributed by atoms with Gasteiger partial charge in [0.25, 0.3) is 0 Å². The second-order valence-corrected chi connectivity index (χ2v) is 15.9. The third-order valence-electron chi connectivity index (χ3n) is 12.2. The number of benzene rings is 8. The number of pyridine rings is 2. The Kier molecular flexibility index (Phi) is 7.50. The van der Waals surface area contributed by atoms with Gasteiger partial charge in [0, 0.05) is 54.8 Å². The van der Waals surface area contributed by atoms with E-state index in [1.54, 1.807) is 0 Å². The molecule has 0 unspecified atom stereocenters. The third-order valence-corrected chi connectivity index (χ3v) is 12.2. The van der Waals surface area contributed by atoms with Crippen LogP contribution in [0.15, 0.2) is 216 Å². The Morgan fingerprint density at radius 3 is 1.16 bits per heavy atom. The lowest BCUT2D eigenvalue weighted by Gasteiger charge is -2.18.